The van der Waals surface area contributed by atoms with Crippen LogP contribution in [-0.4, -0.2) is 17.4 Å². The van der Waals surface area contributed by atoms with Gasteiger partial charge in [0.25, 0.3) is 0 Å². The summed E-state index contributed by atoms with van der Waals surface area (Å²) in [7, 11) is 0. The Hall–Kier alpha value is -0.860. The van der Waals surface area contributed by atoms with Crippen molar-refractivity contribution in [3.8, 4) is 0 Å². The van der Waals surface area contributed by atoms with Crippen molar-refractivity contribution in [2.45, 2.75) is 84.7 Å². The minimum Gasteiger partial charge on any atom is -0.459 e. The molecule has 0 heterocycles. The molecule has 0 N–H and O–H groups in total. The van der Waals surface area contributed by atoms with Crippen molar-refractivity contribution in [3.63, 3.8) is 0 Å². The molecule has 0 amide bonds. The molecule has 3 nitrogen and oxygen atoms in total. The van der Waals surface area contributed by atoms with Gasteiger partial charge in [0.15, 0.2) is 0 Å². The van der Waals surface area contributed by atoms with Crippen LogP contribution in [0.15, 0.2) is 0 Å². The summed E-state index contributed by atoms with van der Waals surface area (Å²) in [5, 5.41) is 0. The molecule has 1 rings (SSSR count). The minimum absolute atomic E-state index is 0.0232. The highest BCUT2D eigenvalue weighted by molar-refractivity contribution is 5.98. The molecule has 0 bridgehead atoms. The Kier molecular flexibility index (Phi) is 6.70. The number of ether oxygens (including phenoxy) is 1. The number of hydrogen-bond donors (Lipinski definition) is 0. The third-order valence-electron chi connectivity index (χ3n) is 4.00. The van der Waals surface area contributed by atoms with E-state index >= 15 is 0 Å². The second-order valence-corrected chi connectivity index (χ2v) is 7.12. The summed E-state index contributed by atoms with van der Waals surface area (Å²) in [5.74, 6) is -0.191. The van der Waals surface area contributed by atoms with Crippen molar-refractivity contribution in [3.05, 3.63) is 0 Å². The van der Waals surface area contributed by atoms with Gasteiger partial charge in [-0.15, -0.1) is 0 Å². The summed E-state index contributed by atoms with van der Waals surface area (Å²) in [5.41, 5.74) is -0.520. The minimum atomic E-state index is -0.624. The Bertz CT molecular complexity index is 322. The zero-order chi connectivity index (χ0) is 15.2. The number of carbonyl (C=O) groups excluding carboxylic acids is 2. The molecule has 0 saturated heterocycles. The molecule has 20 heavy (non-hydrogen) atoms. The van der Waals surface area contributed by atoms with Crippen LogP contribution in [-0.2, 0) is 14.3 Å². The van der Waals surface area contributed by atoms with Gasteiger partial charge in [0, 0.05) is 6.42 Å². The average molecular weight is 282 g/mol. The zero-order valence-corrected chi connectivity index (χ0v) is 13.5. The Morgan fingerprint density at radius 1 is 1.15 bits per heavy atom. The van der Waals surface area contributed by atoms with E-state index in [2.05, 4.69) is 0 Å². The van der Waals surface area contributed by atoms with E-state index in [0.717, 1.165) is 18.8 Å². The fraction of sp³-hybridized carbons (Fsp3) is 0.882. The lowest BCUT2D eigenvalue weighted by atomic mass is 9.85. The predicted octanol–water partition coefficient (Wildman–Crippen LogP) is 4.28. The van der Waals surface area contributed by atoms with Gasteiger partial charge in [-0.05, 0) is 40.0 Å². The van der Waals surface area contributed by atoms with Crippen molar-refractivity contribution in [1.82, 2.24) is 0 Å². The molecule has 0 aromatic rings. The third-order valence-corrected chi connectivity index (χ3v) is 4.00. The predicted molar refractivity (Wildman–Crippen MR) is 80.4 cm³/mol. The van der Waals surface area contributed by atoms with E-state index in [9.17, 15) is 9.59 Å². The Morgan fingerprint density at radius 2 is 1.75 bits per heavy atom. The van der Waals surface area contributed by atoms with E-state index in [0.29, 0.717) is 6.42 Å². The normalized spacial score (nSPS) is 18.6. The first-order chi connectivity index (χ1) is 9.29. The van der Waals surface area contributed by atoms with Crippen LogP contribution in [0.4, 0.5) is 0 Å². The maximum atomic E-state index is 12.0. The quantitative estimate of drug-likeness (QED) is 0.539. The van der Waals surface area contributed by atoms with Crippen LogP contribution in [0.2, 0.25) is 0 Å². The first kappa shape index (κ1) is 17.2. The van der Waals surface area contributed by atoms with Crippen molar-refractivity contribution in [2.75, 3.05) is 0 Å². The van der Waals surface area contributed by atoms with Crippen molar-refractivity contribution in [2.24, 2.45) is 11.8 Å². The maximum absolute atomic E-state index is 12.0. The number of hydrogen-bond acceptors (Lipinski definition) is 3. The van der Waals surface area contributed by atoms with Crippen LogP contribution in [0.25, 0.3) is 0 Å². The Morgan fingerprint density at radius 3 is 2.30 bits per heavy atom. The zero-order valence-electron chi connectivity index (χ0n) is 13.5. The molecule has 1 aliphatic carbocycles. The fourth-order valence-electron chi connectivity index (χ4n) is 2.78. The monoisotopic (exact) mass is 282 g/mol. The van der Waals surface area contributed by atoms with E-state index in [4.69, 9.17) is 4.74 Å². The molecule has 116 valence electrons. The van der Waals surface area contributed by atoms with E-state index < -0.39 is 11.5 Å². The molecule has 3 heteroatoms. The molecular formula is C17H30O3. The second kappa shape index (κ2) is 7.80. The van der Waals surface area contributed by atoms with E-state index in [1.165, 1.54) is 32.1 Å². The van der Waals surface area contributed by atoms with Gasteiger partial charge in [-0.2, -0.15) is 0 Å². The molecule has 1 aliphatic rings. The maximum Gasteiger partial charge on any atom is 0.316 e. The van der Waals surface area contributed by atoms with Crippen LogP contribution in [0.5, 0.6) is 0 Å². The number of rotatable bonds is 6. The topological polar surface area (TPSA) is 43.4 Å². The van der Waals surface area contributed by atoms with Gasteiger partial charge in [-0.3, -0.25) is 9.59 Å². The number of Topliss-reactive ketones (excluding diaryl/α,β-unsaturated/α-hetero) is 1. The van der Waals surface area contributed by atoms with Crippen molar-refractivity contribution < 1.29 is 14.3 Å². The van der Waals surface area contributed by atoms with Gasteiger partial charge in [-0.25, -0.2) is 0 Å². The second-order valence-electron chi connectivity index (χ2n) is 7.12. The lowest BCUT2D eigenvalue weighted by molar-refractivity contribution is -0.161. The lowest BCUT2D eigenvalue weighted by Gasteiger charge is -2.22. The van der Waals surface area contributed by atoms with Gasteiger partial charge in [0.1, 0.15) is 17.3 Å². The van der Waals surface area contributed by atoms with Crippen molar-refractivity contribution in [1.29, 1.82) is 0 Å². The molecule has 1 atom stereocenters. The summed E-state index contributed by atoms with van der Waals surface area (Å²) < 4.78 is 5.26. The van der Waals surface area contributed by atoms with Gasteiger partial charge in [0.05, 0.1) is 0 Å². The summed E-state index contributed by atoms with van der Waals surface area (Å²) in [4.78, 5) is 23.8. The highest BCUT2D eigenvalue weighted by Crippen LogP contribution is 2.28. The number of ketones is 1. The molecule has 1 fully saturated rings. The van der Waals surface area contributed by atoms with Crippen LogP contribution >= 0.6 is 0 Å². The summed E-state index contributed by atoms with van der Waals surface area (Å²) in [6, 6.07) is 0. The first-order valence-corrected chi connectivity index (χ1v) is 8.05. The molecule has 1 saturated carbocycles. The van der Waals surface area contributed by atoms with Gasteiger partial charge >= 0.3 is 5.97 Å². The van der Waals surface area contributed by atoms with Crippen molar-refractivity contribution >= 4 is 11.8 Å². The van der Waals surface area contributed by atoms with Gasteiger partial charge < -0.3 is 4.74 Å². The summed E-state index contributed by atoms with van der Waals surface area (Å²) >= 11 is 0. The molecular weight excluding hydrogens is 252 g/mol. The highest BCUT2D eigenvalue weighted by Gasteiger charge is 2.26. The molecule has 0 aromatic heterocycles. The average Bonchev–Trinajstić information content (AvgIpc) is 2.37. The van der Waals surface area contributed by atoms with Crippen LogP contribution in [0, 0.1) is 11.8 Å². The fourth-order valence-corrected chi connectivity index (χ4v) is 2.78. The SMILES string of the molecule is CC(C(=O)CCCC1CCCCC1)C(=O)OC(C)(C)C. The molecule has 0 aromatic carbocycles. The molecule has 0 aliphatic heterocycles. The summed E-state index contributed by atoms with van der Waals surface area (Å²) in [6.45, 7) is 7.14. The third kappa shape index (κ3) is 6.53. The molecule has 0 spiro atoms. The lowest BCUT2D eigenvalue weighted by Crippen LogP contribution is -2.31. The Balaban J connectivity index is 2.25. The highest BCUT2D eigenvalue weighted by atomic mass is 16.6. The van der Waals surface area contributed by atoms with Crippen LogP contribution < -0.4 is 0 Å². The standard InChI is InChI=1S/C17H30O3/c1-13(16(19)20-17(2,3)4)15(18)12-8-11-14-9-6-5-7-10-14/h13-14H,5-12H2,1-4H3. The van der Waals surface area contributed by atoms with Crippen LogP contribution in [0.1, 0.15) is 79.1 Å². The van der Waals surface area contributed by atoms with E-state index in [1.54, 1.807) is 6.92 Å². The van der Waals surface area contributed by atoms with E-state index in [-0.39, 0.29) is 11.8 Å². The number of esters is 1. The smallest absolute Gasteiger partial charge is 0.316 e. The van der Waals surface area contributed by atoms with E-state index in [1.807, 2.05) is 20.8 Å². The largest absolute Gasteiger partial charge is 0.459 e. The van der Waals surface area contributed by atoms with Crippen LogP contribution in [0.3, 0.4) is 0 Å². The molecule has 0 radical (unpaired) electrons. The summed E-state index contributed by atoms with van der Waals surface area (Å²) in [6.07, 6.45) is 9.23. The Labute approximate surface area is 123 Å². The molecule has 1 unspecified atom stereocenters. The van der Waals surface area contributed by atoms with Gasteiger partial charge in [0.2, 0.25) is 0 Å². The number of carbonyl (C=O) groups is 2. The first-order valence-electron chi connectivity index (χ1n) is 8.05. The van der Waals surface area contributed by atoms with Gasteiger partial charge in [-0.1, -0.05) is 38.5 Å².